The average molecular weight is 501 g/mol. The third-order valence-corrected chi connectivity index (χ3v) is 7.74. The highest BCUT2D eigenvalue weighted by molar-refractivity contribution is 7.89. The summed E-state index contributed by atoms with van der Waals surface area (Å²) in [4.78, 5) is 13.4. The molecule has 1 amide bonds. The van der Waals surface area contributed by atoms with Crippen LogP contribution in [0.25, 0.3) is 0 Å². The summed E-state index contributed by atoms with van der Waals surface area (Å²) in [6.45, 7) is 0.479. The van der Waals surface area contributed by atoms with Gasteiger partial charge < -0.3 is 14.8 Å². The van der Waals surface area contributed by atoms with Crippen molar-refractivity contribution in [1.29, 1.82) is 0 Å². The molecule has 0 bridgehead atoms. The minimum Gasteiger partial charge on any atom is -0.493 e. The number of piperidine rings is 1. The topological polar surface area (TPSA) is 84.9 Å². The van der Waals surface area contributed by atoms with Crippen LogP contribution < -0.4 is 14.8 Å². The molecule has 0 unspecified atom stereocenters. The van der Waals surface area contributed by atoms with Crippen molar-refractivity contribution in [2.24, 2.45) is 5.92 Å². The molecule has 0 radical (unpaired) electrons. The predicted octanol–water partition coefficient (Wildman–Crippen LogP) is 5.18. The zero-order chi connectivity index (χ0) is 24.1. The van der Waals surface area contributed by atoms with Crippen LogP contribution in [-0.4, -0.2) is 38.8 Å². The standard InChI is InChI=1S/C25H25ClN2O5S/c1-32-23-11-5-6-12-24(23)33-22-14-13-19(26)16-21(22)27-25(29)18-8-7-15-28(17-18)34(30,31)20-9-3-2-4-10-20/h2-6,9-14,16,18H,7-8,15,17H2,1H3,(H,27,29)/t18-/m0/s1. The molecule has 0 saturated carbocycles. The van der Waals surface area contributed by atoms with Crippen molar-refractivity contribution in [2.75, 3.05) is 25.5 Å². The van der Waals surface area contributed by atoms with E-state index in [1.54, 1.807) is 67.8 Å². The molecule has 1 fully saturated rings. The average Bonchev–Trinajstić information content (AvgIpc) is 2.86. The Labute approximate surface area is 204 Å². The summed E-state index contributed by atoms with van der Waals surface area (Å²) in [6, 6.07) is 20.4. The van der Waals surface area contributed by atoms with Gasteiger partial charge in [0, 0.05) is 18.1 Å². The number of hydrogen-bond donors (Lipinski definition) is 1. The van der Waals surface area contributed by atoms with Crippen molar-refractivity contribution >= 4 is 33.2 Å². The van der Waals surface area contributed by atoms with Crippen molar-refractivity contribution in [1.82, 2.24) is 4.31 Å². The van der Waals surface area contributed by atoms with E-state index in [1.807, 2.05) is 12.1 Å². The third kappa shape index (κ3) is 5.35. The van der Waals surface area contributed by atoms with Gasteiger partial charge in [0.1, 0.15) is 0 Å². The highest BCUT2D eigenvalue weighted by Gasteiger charge is 2.33. The smallest absolute Gasteiger partial charge is 0.243 e. The van der Waals surface area contributed by atoms with E-state index in [2.05, 4.69) is 5.32 Å². The first-order valence-electron chi connectivity index (χ1n) is 10.8. The van der Waals surface area contributed by atoms with Crippen LogP contribution in [0.5, 0.6) is 17.2 Å². The van der Waals surface area contributed by atoms with E-state index >= 15 is 0 Å². The lowest BCUT2D eigenvalue weighted by Crippen LogP contribution is -2.43. The molecule has 3 aromatic carbocycles. The van der Waals surface area contributed by atoms with Crippen LogP contribution in [0.3, 0.4) is 0 Å². The number of hydrogen-bond acceptors (Lipinski definition) is 5. The number of carbonyl (C=O) groups is 1. The highest BCUT2D eigenvalue weighted by atomic mass is 35.5. The minimum absolute atomic E-state index is 0.103. The molecule has 0 spiro atoms. The van der Waals surface area contributed by atoms with E-state index in [1.165, 1.54) is 4.31 Å². The normalized spacial score (nSPS) is 16.6. The summed E-state index contributed by atoms with van der Waals surface area (Å²) >= 11 is 6.18. The van der Waals surface area contributed by atoms with Gasteiger partial charge in [-0.15, -0.1) is 0 Å². The van der Waals surface area contributed by atoms with Crippen LogP contribution >= 0.6 is 11.6 Å². The molecule has 178 valence electrons. The molecule has 1 aliphatic rings. The molecule has 1 aliphatic heterocycles. The summed E-state index contributed by atoms with van der Waals surface area (Å²) < 4.78 is 38.8. The maximum absolute atomic E-state index is 13.2. The van der Waals surface area contributed by atoms with Crippen LogP contribution in [0, 0.1) is 5.92 Å². The van der Waals surface area contributed by atoms with E-state index in [0.717, 1.165) is 0 Å². The van der Waals surface area contributed by atoms with Crippen molar-refractivity contribution in [2.45, 2.75) is 17.7 Å². The molecule has 1 heterocycles. The van der Waals surface area contributed by atoms with Crippen LogP contribution in [0.1, 0.15) is 12.8 Å². The Bertz CT molecular complexity index is 1270. The Morgan fingerprint density at radius 3 is 2.44 bits per heavy atom. The molecule has 0 aliphatic carbocycles. The van der Waals surface area contributed by atoms with Crippen LogP contribution in [0.2, 0.25) is 5.02 Å². The molecule has 3 aromatic rings. The molecule has 7 nitrogen and oxygen atoms in total. The van der Waals surface area contributed by atoms with Gasteiger partial charge in [-0.05, 0) is 55.3 Å². The van der Waals surface area contributed by atoms with E-state index in [0.29, 0.717) is 47.3 Å². The number of ether oxygens (including phenoxy) is 2. The van der Waals surface area contributed by atoms with Gasteiger partial charge >= 0.3 is 0 Å². The Morgan fingerprint density at radius 2 is 1.71 bits per heavy atom. The number of para-hydroxylation sites is 2. The fourth-order valence-corrected chi connectivity index (χ4v) is 5.58. The predicted molar refractivity (Wildman–Crippen MR) is 131 cm³/mol. The lowest BCUT2D eigenvalue weighted by molar-refractivity contribution is -0.120. The maximum Gasteiger partial charge on any atom is 0.243 e. The Balaban J connectivity index is 1.52. The Hall–Kier alpha value is -3.07. The monoisotopic (exact) mass is 500 g/mol. The number of anilines is 1. The number of halogens is 1. The Morgan fingerprint density at radius 1 is 1.00 bits per heavy atom. The van der Waals surface area contributed by atoms with Gasteiger partial charge in [-0.1, -0.05) is 41.9 Å². The second kappa shape index (κ2) is 10.5. The maximum atomic E-state index is 13.2. The number of nitrogens with zero attached hydrogens (tertiary/aromatic N) is 1. The Kier molecular flexibility index (Phi) is 7.41. The van der Waals surface area contributed by atoms with Gasteiger partial charge in [0.05, 0.1) is 23.6 Å². The summed E-state index contributed by atoms with van der Waals surface area (Å²) in [7, 11) is -2.12. The summed E-state index contributed by atoms with van der Waals surface area (Å²) in [6.07, 6.45) is 1.17. The van der Waals surface area contributed by atoms with E-state index < -0.39 is 15.9 Å². The highest BCUT2D eigenvalue weighted by Crippen LogP contribution is 2.37. The number of rotatable bonds is 7. The van der Waals surface area contributed by atoms with E-state index in [4.69, 9.17) is 21.1 Å². The molecule has 0 aromatic heterocycles. The van der Waals surface area contributed by atoms with Crippen molar-refractivity contribution < 1.29 is 22.7 Å². The second-order valence-corrected chi connectivity index (χ2v) is 10.3. The van der Waals surface area contributed by atoms with Crippen molar-refractivity contribution in [3.05, 3.63) is 77.8 Å². The van der Waals surface area contributed by atoms with Gasteiger partial charge in [-0.25, -0.2) is 8.42 Å². The van der Waals surface area contributed by atoms with Crippen molar-refractivity contribution in [3.63, 3.8) is 0 Å². The number of amides is 1. The fourth-order valence-electron chi connectivity index (χ4n) is 3.86. The minimum atomic E-state index is -3.67. The summed E-state index contributed by atoms with van der Waals surface area (Å²) in [5.41, 5.74) is 0.395. The van der Waals surface area contributed by atoms with Gasteiger partial charge in [0.25, 0.3) is 0 Å². The van der Waals surface area contributed by atoms with Crippen molar-refractivity contribution in [3.8, 4) is 17.2 Å². The first kappa shape index (κ1) is 24.1. The largest absolute Gasteiger partial charge is 0.493 e. The number of nitrogens with one attached hydrogen (secondary N) is 1. The van der Waals surface area contributed by atoms with Gasteiger partial charge in [-0.2, -0.15) is 4.31 Å². The SMILES string of the molecule is COc1ccccc1Oc1ccc(Cl)cc1NC(=O)[C@H]1CCCN(S(=O)(=O)c2ccccc2)C1. The molecular weight excluding hydrogens is 476 g/mol. The third-order valence-electron chi connectivity index (χ3n) is 5.62. The second-order valence-electron chi connectivity index (χ2n) is 7.90. The molecule has 1 N–H and O–H groups in total. The zero-order valence-corrected chi connectivity index (χ0v) is 20.2. The van der Waals surface area contributed by atoms with Gasteiger partial charge in [0.2, 0.25) is 15.9 Å². The first-order valence-corrected chi connectivity index (χ1v) is 12.7. The molecule has 4 rings (SSSR count). The molecule has 1 saturated heterocycles. The van der Waals surface area contributed by atoms with Crippen LogP contribution in [0.15, 0.2) is 77.7 Å². The van der Waals surface area contributed by atoms with Crippen LogP contribution in [0.4, 0.5) is 5.69 Å². The quantitative estimate of drug-likeness (QED) is 0.483. The van der Waals surface area contributed by atoms with E-state index in [9.17, 15) is 13.2 Å². The van der Waals surface area contributed by atoms with Gasteiger partial charge in [0.15, 0.2) is 17.2 Å². The first-order chi connectivity index (χ1) is 16.4. The summed E-state index contributed by atoms with van der Waals surface area (Å²) in [5, 5.41) is 3.31. The number of methoxy groups -OCH3 is 1. The lowest BCUT2D eigenvalue weighted by atomic mass is 9.98. The number of carbonyl (C=O) groups excluding carboxylic acids is 1. The number of sulfonamides is 1. The number of benzene rings is 3. The molecular formula is C25H25ClN2O5S. The summed E-state index contributed by atoms with van der Waals surface area (Å²) in [5.74, 6) is 0.627. The molecule has 1 atom stereocenters. The van der Waals surface area contributed by atoms with Gasteiger partial charge in [-0.3, -0.25) is 4.79 Å². The van der Waals surface area contributed by atoms with Crippen LogP contribution in [-0.2, 0) is 14.8 Å². The van der Waals surface area contributed by atoms with E-state index in [-0.39, 0.29) is 17.3 Å². The lowest BCUT2D eigenvalue weighted by Gasteiger charge is -2.31. The molecule has 34 heavy (non-hydrogen) atoms. The fraction of sp³-hybridized carbons (Fsp3) is 0.240. The zero-order valence-electron chi connectivity index (χ0n) is 18.6. The molecule has 9 heteroatoms.